The van der Waals surface area contributed by atoms with E-state index in [-0.39, 0.29) is 6.61 Å². The Morgan fingerprint density at radius 1 is 1.14 bits per heavy atom. The van der Waals surface area contributed by atoms with Crippen LogP contribution >= 0.6 is 11.6 Å². The molecule has 21 heavy (non-hydrogen) atoms. The molecule has 2 rings (SSSR count). The SMILES string of the molecule is OCCOCCCNc1cc(Cl)nc(-c2ccccc2)n1. The zero-order chi connectivity index (χ0) is 14.9. The van der Waals surface area contributed by atoms with Gasteiger partial charge in [-0.2, -0.15) is 0 Å². The lowest BCUT2D eigenvalue weighted by Gasteiger charge is -2.08. The molecule has 0 aliphatic carbocycles. The Bertz CT molecular complexity index is 552. The molecule has 0 saturated carbocycles. The molecular formula is C15H18ClN3O2. The fourth-order valence-corrected chi connectivity index (χ4v) is 1.97. The van der Waals surface area contributed by atoms with Crippen molar-refractivity contribution in [3.8, 4) is 11.4 Å². The van der Waals surface area contributed by atoms with Crippen LogP contribution in [0.15, 0.2) is 36.4 Å². The molecule has 0 unspecified atom stereocenters. The third-order valence-corrected chi connectivity index (χ3v) is 2.93. The van der Waals surface area contributed by atoms with Crippen molar-refractivity contribution < 1.29 is 9.84 Å². The highest BCUT2D eigenvalue weighted by Gasteiger charge is 2.05. The fraction of sp³-hybridized carbons (Fsp3) is 0.333. The first-order chi connectivity index (χ1) is 10.3. The molecule has 5 nitrogen and oxygen atoms in total. The number of aliphatic hydroxyl groups excluding tert-OH is 1. The number of nitrogens with zero attached hydrogens (tertiary/aromatic N) is 2. The predicted molar refractivity (Wildman–Crippen MR) is 83.5 cm³/mol. The summed E-state index contributed by atoms with van der Waals surface area (Å²) in [6.07, 6.45) is 0.822. The topological polar surface area (TPSA) is 67.3 Å². The first-order valence-electron chi connectivity index (χ1n) is 6.82. The van der Waals surface area contributed by atoms with E-state index in [0.29, 0.717) is 36.6 Å². The van der Waals surface area contributed by atoms with Crippen LogP contribution in [0.5, 0.6) is 0 Å². The summed E-state index contributed by atoms with van der Waals surface area (Å²) in [6.45, 7) is 1.73. The van der Waals surface area contributed by atoms with Crippen molar-refractivity contribution in [2.24, 2.45) is 0 Å². The molecule has 2 N–H and O–H groups in total. The monoisotopic (exact) mass is 307 g/mol. The highest BCUT2D eigenvalue weighted by atomic mass is 35.5. The molecule has 2 aromatic rings. The summed E-state index contributed by atoms with van der Waals surface area (Å²) in [4.78, 5) is 8.69. The van der Waals surface area contributed by atoms with Crippen molar-refractivity contribution >= 4 is 17.4 Å². The van der Waals surface area contributed by atoms with E-state index in [9.17, 15) is 0 Å². The highest BCUT2D eigenvalue weighted by molar-refractivity contribution is 6.29. The van der Waals surface area contributed by atoms with Gasteiger partial charge in [0.25, 0.3) is 0 Å². The molecule has 0 bridgehead atoms. The lowest BCUT2D eigenvalue weighted by molar-refractivity contribution is 0.0922. The van der Waals surface area contributed by atoms with Gasteiger partial charge in [0.1, 0.15) is 11.0 Å². The second-order valence-electron chi connectivity index (χ2n) is 4.38. The van der Waals surface area contributed by atoms with Gasteiger partial charge >= 0.3 is 0 Å². The quantitative estimate of drug-likeness (QED) is 0.579. The van der Waals surface area contributed by atoms with Crippen LogP contribution in [0.2, 0.25) is 5.15 Å². The smallest absolute Gasteiger partial charge is 0.163 e. The van der Waals surface area contributed by atoms with E-state index in [1.165, 1.54) is 0 Å². The molecule has 0 spiro atoms. The Balaban J connectivity index is 1.93. The standard InChI is InChI=1S/C15H18ClN3O2/c16-13-11-14(17-7-4-9-21-10-8-20)19-15(18-13)12-5-2-1-3-6-12/h1-3,5-6,11,20H,4,7-10H2,(H,17,18,19). The number of rotatable bonds is 8. The second-order valence-corrected chi connectivity index (χ2v) is 4.77. The Morgan fingerprint density at radius 2 is 1.95 bits per heavy atom. The average Bonchev–Trinajstić information content (AvgIpc) is 2.51. The van der Waals surface area contributed by atoms with Gasteiger partial charge in [-0.05, 0) is 6.42 Å². The summed E-state index contributed by atoms with van der Waals surface area (Å²) in [6, 6.07) is 11.4. The van der Waals surface area contributed by atoms with E-state index in [2.05, 4.69) is 15.3 Å². The Labute approximate surface area is 129 Å². The number of hydrogen-bond acceptors (Lipinski definition) is 5. The van der Waals surface area contributed by atoms with Crippen molar-refractivity contribution in [3.05, 3.63) is 41.6 Å². The van der Waals surface area contributed by atoms with E-state index in [4.69, 9.17) is 21.4 Å². The van der Waals surface area contributed by atoms with Gasteiger partial charge in [0.2, 0.25) is 0 Å². The van der Waals surface area contributed by atoms with Gasteiger partial charge in [0, 0.05) is 24.8 Å². The largest absolute Gasteiger partial charge is 0.394 e. The van der Waals surface area contributed by atoms with E-state index >= 15 is 0 Å². The molecule has 1 aromatic heterocycles. The maximum Gasteiger partial charge on any atom is 0.163 e. The molecule has 0 atom stereocenters. The number of anilines is 1. The van der Waals surface area contributed by atoms with E-state index in [1.54, 1.807) is 6.07 Å². The maximum absolute atomic E-state index is 8.60. The molecule has 1 aromatic carbocycles. The number of hydrogen-bond donors (Lipinski definition) is 2. The Morgan fingerprint density at radius 3 is 2.71 bits per heavy atom. The van der Waals surface area contributed by atoms with Gasteiger partial charge in [0.05, 0.1) is 13.2 Å². The number of halogens is 1. The molecule has 0 amide bonds. The molecule has 1 heterocycles. The third-order valence-electron chi connectivity index (χ3n) is 2.73. The van der Waals surface area contributed by atoms with Crippen molar-refractivity contribution in [1.82, 2.24) is 9.97 Å². The number of aliphatic hydroxyl groups is 1. The molecule has 0 fully saturated rings. The summed E-state index contributed by atoms with van der Waals surface area (Å²) in [5, 5.41) is 12.2. The average molecular weight is 308 g/mol. The molecule has 0 radical (unpaired) electrons. The van der Waals surface area contributed by atoms with E-state index in [1.807, 2.05) is 30.3 Å². The minimum Gasteiger partial charge on any atom is -0.394 e. The van der Waals surface area contributed by atoms with Crippen LogP contribution < -0.4 is 5.32 Å². The number of ether oxygens (including phenoxy) is 1. The zero-order valence-electron chi connectivity index (χ0n) is 11.6. The molecule has 0 aliphatic rings. The van der Waals surface area contributed by atoms with E-state index in [0.717, 1.165) is 12.0 Å². The molecule has 6 heteroatoms. The molecule has 112 valence electrons. The Kier molecular flexibility index (Phi) is 6.40. The van der Waals surface area contributed by atoms with Crippen molar-refractivity contribution in [2.75, 3.05) is 31.7 Å². The van der Waals surface area contributed by atoms with Gasteiger partial charge in [-0.25, -0.2) is 9.97 Å². The van der Waals surface area contributed by atoms with Crippen LogP contribution in [-0.2, 0) is 4.74 Å². The summed E-state index contributed by atoms with van der Waals surface area (Å²) in [7, 11) is 0. The zero-order valence-corrected chi connectivity index (χ0v) is 12.4. The highest BCUT2D eigenvalue weighted by Crippen LogP contribution is 2.19. The normalized spacial score (nSPS) is 10.6. The third kappa shape index (κ3) is 5.30. The van der Waals surface area contributed by atoms with Crippen LogP contribution in [0.3, 0.4) is 0 Å². The van der Waals surface area contributed by atoms with Crippen molar-refractivity contribution in [3.63, 3.8) is 0 Å². The summed E-state index contributed by atoms with van der Waals surface area (Å²) in [5.41, 5.74) is 0.925. The van der Waals surface area contributed by atoms with Gasteiger partial charge in [-0.3, -0.25) is 0 Å². The lowest BCUT2D eigenvalue weighted by atomic mass is 10.2. The van der Waals surface area contributed by atoms with Crippen LogP contribution in [0.1, 0.15) is 6.42 Å². The number of aromatic nitrogens is 2. The van der Waals surface area contributed by atoms with Crippen molar-refractivity contribution in [1.29, 1.82) is 0 Å². The molecule has 0 aliphatic heterocycles. The van der Waals surface area contributed by atoms with Crippen LogP contribution in [0.25, 0.3) is 11.4 Å². The Hall–Kier alpha value is -1.69. The summed E-state index contributed by atoms with van der Waals surface area (Å²) in [5.74, 6) is 1.29. The molecular weight excluding hydrogens is 290 g/mol. The van der Waals surface area contributed by atoms with Crippen LogP contribution in [-0.4, -0.2) is 41.4 Å². The fourth-order valence-electron chi connectivity index (χ4n) is 1.78. The summed E-state index contributed by atoms with van der Waals surface area (Å²) >= 11 is 6.04. The van der Waals surface area contributed by atoms with Gasteiger partial charge in [-0.1, -0.05) is 41.9 Å². The number of benzene rings is 1. The van der Waals surface area contributed by atoms with E-state index < -0.39 is 0 Å². The maximum atomic E-state index is 8.60. The summed E-state index contributed by atoms with van der Waals surface area (Å²) < 4.78 is 5.19. The first kappa shape index (κ1) is 15.7. The minimum atomic E-state index is 0.0510. The lowest BCUT2D eigenvalue weighted by Crippen LogP contribution is -2.09. The van der Waals surface area contributed by atoms with Gasteiger partial charge in [-0.15, -0.1) is 0 Å². The van der Waals surface area contributed by atoms with Crippen molar-refractivity contribution in [2.45, 2.75) is 6.42 Å². The predicted octanol–water partition coefficient (Wildman–Crippen LogP) is 2.61. The molecule has 0 saturated heterocycles. The van der Waals surface area contributed by atoms with Gasteiger partial charge < -0.3 is 15.2 Å². The van der Waals surface area contributed by atoms with Crippen LogP contribution in [0.4, 0.5) is 5.82 Å². The van der Waals surface area contributed by atoms with Gasteiger partial charge in [0.15, 0.2) is 5.82 Å². The minimum absolute atomic E-state index is 0.0510. The number of nitrogens with one attached hydrogen (secondary N) is 1. The first-order valence-corrected chi connectivity index (χ1v) is 7.20. The second kappa shape index (κ2) is 8.56. The van der Waals surface area contributed by atoms with Crippen LogP contribution in [0, 0.1) is 0 Å².